The van der Waals surface area contributed by atoms with Crippen LogP contribution in [0.15, 0.2) is 30.3 Å². The van der Waals surface area contributed by atoms with Gasteiger partial charge in [-0.25, -0.2) is 0 Å². The summed E-state index contributed by atoms with van der Waals surface area (Å²) in [4.78, 5) is 24.4. The molecule has 4 aliphatic carbocycles. The van der Waals surface area contributed by atoms with E-state index >= 15 is 0 Å². The summed E-state index contributed by atoms with van der Waals surface area (Å²) in [5.74, 6) is 2.83. The maximum atomic E-state index is 12.6. The molecule has 4 saturated carbocycles. The second kappa shape index (κ2) is 11.4. The van der Waals surface area contributed by atoms with Crippen LogP contribution in [0.5, 0.6) is 0 Å². The molecule has 0 spiro atoms. The van der Waals surface area contributed by atoms with Crippen LogP contribution in [-0.4, -0.2) is 42.9 Å². The van der Waals surface area contributed by atoms with Gasteiger partial charge in [-0.15, -0.1) is 0 Å². The summed E-state index contributed by atoms with van der Waals surface area (Å²) < 4.78 is 10.8. The van der Waals surface area contributed by atoms with Crippen LogP contribution in [0.4, 0.5) is 5.69 Å². The normalized spacial score (nSPS) is 40.0. The highest BCUT2D eigenvalue weighted by Gasteiger charge is 2.63. The quantitative estimate of drug-likeness (QED) is 0.381. The number of anilines is 1. The van der Waals surface area contributed by atoms with Crippen LogP contribution in [0.25, 0.3) is 0 Å². The number of ether oxygens (including phenoxy) is 2. The standard InChI is InChI=1S/C33H49NO5/c1-21(10-15-30(36)38-4)26-13-14-27-25-12-11-22-18-24(39-31(37)20-34-23-8-6-5-7-9-23)16-17-32(22,2)28(25)19-29(35)33(26,27)3/h5-9,21-22,24-29,34-35H,10-20H2,1-4H3/t21-,22-,24-,25+,26-,27+,28+,29+,32+,33-/m1/s1. The smallest absolute Gasteiger partial charge is 0.325 e. The molecule has 10 atom stereocenters. The van der Waals surface area contributed by atoms with Gasteiger partial charge in [-0.05, 0) is 116 Å². The lowest BCUT2D eigenvalue weighted by molar-refractivity contribution is -0.181. The van der Waals surface area contributed by atoms with Crippen LogP contribution in [0.1, 0.15) is 85.0 Å². The molecule has 0 radical (unpaired) electrons. The first-order valence-corrected chi connectivity index (χ1v) is 15.4. The topological polar surface area (TPSA) is 84.9 Å². The third kappa shape index (κ3) is 5.35. The Bertz CT molecular complexity index is 1010. The summed E-state index contributed by atoms with van der Waals surface area (Å²) in [6.07, 6.45) is 9.57. The van der Waals surface area contributed by atoms with Gasteiger partial charge in [0.1, 0.15) is 12.6 Å². The van der Waals surface area contributed by atoms with Crippen LogP contribution < -0.4 is 5.32 Å². The molecule has 1 aromatic rings. The van der Waals surface area contributed by atoms with Gasteiger partial charge >= 0.3 is 11.9 Å². The zero-order chi connectivity index (χ0) is 27.8. The van der Waals surface area contributed by atoms with E-state index in [0.29, 0.717) is 41.9 Å². The molecule has 0 aromatic heterocycles. The molecule has 39 heavy (non-hydrogen) atoms. The van der Waals surface area contributed by atoms with Gasteiger partial charge in [-0.2, -0.15) is 0 Å². The van der Waals surface area contributed by atoms with Crippen molar-refractivity contribution in [1.82, 2.24) is 0 Å². The van der Waals surface area contributed by atoms with Crippen LogP contribution in [0.2, 0.25) is 0 Å². The summed E-state index contributed by atoms with van der Waals surface area (Å²) in [7, 11) is 1.46. The summed E-state index contributed by atoms with van der Waals surface area (Å²) in [6.45, 7) is 7.30. The second-order valence-corrected chi connectivity index (χ2v) is 13.7. The fraction of sp³-hybridized carbons (Fsp3) is 0.758. The number of rotatable bonds is 8. The monoisotopic (exact) mass is 539 g/mol. The number of para-hydroxylation sites is 1. The predicted molar refractivity (Wildman–Crippen MR) is 152 cm³/mol. The molecule has 216 valence electrons. The SMILES string of the molecule is COC(=O)CC[C@@H](C)[C@H]1CC[C@H]2[C@@H]3CC[C@@H]4C[C@H](OC(=O)CNc5ccccc5)CC[C@]4(C)[C@H]3C[C@H](O)[C@]12C. The van der Waals surface area contributed by atoms with Crippen molar-refractivity contribution in [2.75, 3.05) is 19.0 Å². The number of carbonyl (C=O) groups is 2. The fourth-order valence-corrected chi connectivity index (χ4v) is 9.86. The molecule has 0 unspecified atom stereocenters. The van der Waals surface area contributed by atoms with Crippen molar-refractivity contribution in [3.8, 4) is 0 Å². The predicted octanol–water partition coefficient (Wildman–Crippen LogP) is 6.23. The molecule has 4 aliphatic rings. The first-order chi connectivity index (χ1) is 18.7. The van der Waals surface area contributed by atoms with E-state index in [9.17, 15) is 14.7 Å². The minimum atomic E-state index is -0.299. The number of hydrogen-bond donors (Lipinski definition) is 2. The van der Waals surface area contributed by atoms with Gasteiger partial charge in [0.05, 0.1) is 13.2 Å². The van der Waals surface area contributed by atoms with Crippen LogP contribution in [-0.2, 0) is 19.1 Å². The number of aliphatic hydroxyl groups is 1. The van der Waals surface area contributed by atoms with Crippen molar-refractivity contribution in [2.45, 2.75) is 97.2 Å². The molecule has 5 rings (SSSR count). The first-order valence-electron chi connectivity index (χ1n) is 15.4. The minimum absolute atomic E-state index is 0.00463. The van der Waals surface area contributed by atoms with Crippen molar-refractivity contribution >= 4 is 17.6 Å². The third-order valence-corrected chi connectivity index (χ3v) is 12.0. The van der Waals surface area contributed by atoms with Crippen LogP contribution in [0, 0.1) is 46.3 Å². The van der Waals surface area contributed by atoms with Gasteiger partial charge in [-0.3, -0.25) is 9.59 Å². The van der Waals surface area contributed by atoms with Crippen LogP contribution >= 0.6 is 0 Å². The number of aliphatic hydroxyl groups excluding tert-OH is 1. The van der Waals surface area contributed by atoms with Gasteiger partial charge in [-0.1, -0.05) is 39.0 Å². The zero-order valence-electron chi connectivity index (χ0n) is 24.4. The van der Waals surface area contributed by atoms with E-state index in [0.717, 1.165) is 44.2 Å². The lowest BCUT2D eigenvalue weighted by Crippen LogP contribution is -2.59. The van der Waals surface area contributed by atoms with Gasteiger partial charge in [0.2, 0.25) is 0 Å². The minimum Gasteiger partial charge on any atom is -0.469 e. The Morgan fingerprint density at radius 1 is 1.03 bits per heavy atom. The summed E-state index contributed by atoms with van der Waals surface area (Å²) in [5.41, 5.74) is 1.06. The van der Waals surface area contributed by atoms with E-state index in [4.69, 9.17) is 9.47 Å². The molecular formula is C33H49NO5. The number of benzene rings is 1. The molecule has 0 bridgehead atoms. The van der Waals surface area contributed by atoms with E-state index in [2.05, 4.69) is 26.1 Å². The van der Waals surface area contributed by atoms with Crippen molar-refractivity contribution in [3.63, 3.8) is 0 Å². The number of nitrogens with one attached hydrogen (secondary N) is 1. The van der Waals surface area contributed by atoms with Gasteiger partial charge in [0.15, 0.2) is 0 Å². The van der Waals surface area contributed by atoms with E-state index in [-0.39, 0.29) is 41.5 Å². The molecule has 6 heteroatoms. The van der Waals surface area contributed by atoms with Gasteiger partial charge in [0.25, 0.3) is 0 Å². The Hall–Kier alpha value is -2.08. The maximum absolute atomic E-state index is 12.6. The number of esters is 2. The number of methoxy groups -OCH3 is 1. The Balaban J connectivity index is 1.20. The molecule has 0 heterocycles. The molecule has 0 saturated heterocycles. The molecule has 6 nitrogen and oxygen atoms in total. The number of hydrogen-bond acceptors (Lipinski definition) is 6. The van der Waals surface area contributed by atoms with Crippen molar-refractivity contribution in [2.24, 2.45) is 46.3 Å². The fourth-order valence-electron chi connectivity index (χ4n) is 9.86. The van der Waals surface area contributed by atoms with Crippen molar-refractivity contribution in [1.29, 1.82) is 0 Å². The Kier molecular flexibility index (Phi) is 8.33. The molecule has 0 aliphatic heterocycles. The summed E-state index contributed by atoms with van der Waals surface area (Å²) in [5, 5.41) is 14.9. The van der Waals surface area contributed by atoms with Gasteiger partial charge < -0.3 is 19.9 Å². The lowest BCUT2D eigenvalue weighted by atomic mass is 9.43. The second-order valence-electron chi connectivity index (χ2n) is 13.7. The van der Waals surface area contributed by atoms with Crippen molar-refractivity contribution < 1.29 is 24.2 Å². The van der Waals surface area contributed by atoms with E-state index in [1.54, 1.807) is 0 Å². The Morgan fingerprint density at radius 3 is 2.54 bits per heavy atom. The van der Waals surface area contributed by atoms with Crippen LogP contribution in [0.3, 0.4) is 0 Å². The average Bonchev–Trinajstić information content (AvgIpc) is 3.30. The molecule has 4 fully saturated rings. The molecule has 0 amide bonds. The lowest BCUT2D eigenvalue weighted by Gasteiger charge is -2.62. The highest BCUT2D eigenvalue weighted by atomic mass is 16.5. The maximum Gasteiger partial charge on any atom is 0.325 e. The third-order valence-electron chi connectivity index (χ3n) is 12.0. The Labute approximate surface area is 234 Å². The molecule has 1 aromatic carbocycles. The van der Waals surface area contributed by atoms with E-state index < -0.39 is 0 Å². The zero-order valence-corrected chi connectivity index (χ0v) is 24.4. The van der Waals surface area contributed by atoms with Gasteiger partial charge in [0, 0.05) is 12.1 Å². The number of carbonyl (C=O) groups excluding carboxylic acids is 2. The van der Waals surface area contributed by atoms with Crippen molar-refractivity contribution in [3.05, 3.63) is 30.3 Å². The largest absolute Gasteiger partial charge is 0.469 e. The molecule has 2 N–H and O–H groups in total. The molecular weight excluding hydrogens is 490 g/mol. The highest BCUT2D eigenvalue weighted by molar-refractivity contribution is 5.75. The average molecular weight is 540 g/mol. The summed E-state index contributed by atoms with van der Waals surface area (Å²) in [6, 6.07) is 9.78. The van der Waals surface area contributed by atoms with E-state index in [1.165, 1.54) is 26.4 Å². The Morgan fingerprint density at radius 2 is 1.79 bits per heavy atom. The highest BCUT2D eigenvalue weighted by Crippen LogP contribution is 2.68. The summed E-state index contributed by atoms with van der Waals surface area (Å²) >= 11 is 0. The first kappa shape index (κ1) is 28.4. The van der Waals surface area contributed by atoms with E-state index in [1.807, 2.05) is 30.3 Å². The number of fused-ring (bicyclic) bond motifs is 5.